The number of carbonyl (C=O) groups excluding carboxylic acids is 2. The van der Waals surface area contributed by atoms with Crippen LogP contribution in [0.5, 0.6) is 5.75 Å². The summed E-state index contributed by atoms with van der Waals surface area (Å²) in [5.41, 5.74) is 2.59. The van der Waals surface area contributed by atoms with Crippen LogP contribution in [0.15, 0.2) is 79.0 Å². The summed E-state index contributed by atoms with van der Waals surface area (Å²) >= 11 is 0. The molecule has 0 unspecified atom stereocenters. The first-order valence-electron chi connectivity index (χ1n) is 12.6. The van der Waals surface area contributed by atoms with E-state index < -0.39 is 12.0 Å². The van der Waals surface area contributed by atoms with E-state index in [0.29, 0.717) is 19.6 Å². The van der Waals surface area contributed by atoms with Crippen molar-refractivity contribution in [1.29, 1.82) is 0 Å². The maximum Gasteiger partial charge on any atom is 0.328 e. The Morgan fingerprint density at radius 1 is 1.00 bits per heavy atom. The third-order valence-electron chi connectivity index (χ3n) is 6.44. The van der Waals surface area contributed by atoms with Gasteiger partial charge in [-0.1, -0.05) is 48.5 Å². The number of hydrogen-bond donors (Lipinski definition) is 0. The third-order valence-corrected chi connectivity index (χ3v) is 6.44. The number of benzene rings is 2. The van der Waals surface area contributed by atoms with Crippen LogP contribution in [0.1, 0.15) is 16.7 Å². The van der Waals surface area contributed by atoms with Gasteiger partial charge < -0.3 is 24.0 Å². The Balaban J connectivity index is 1.59. The molecule has 1 atom stereocenters. The molecule has 8 nitrogen and oxygen atoms in total. The zero-order valence-corrected chi connectivity index (χ0v) is 21.8. The van der Waals surface area contributed by atoms with E-state index in [1.54, 1.807) is 24.3 Å². The number of morpholine rings is 1. The van der Waals surface area contributed by atoms with Gasteiger partial charge in [0.25, 0.3) is 0 Å². The van der Waals surface area contributed by atoms with Gasteiger partial charge in [0.05, 0.1) is 27.4 Å². The number of hydrogen-bond acceptors (Lipinski definition) is 7. The number of nitrogens with zero attached hydrogens (tertiary/aromatic N) is 3. The summed E-state index contributed by atoms with van der Waals surface area (Å²) in [6, 6.07) is 20.1. The summed E-state index contributed by atoms with van der Waals surface area (Å²) in [6.07, 6.45) is 5.30. The maximum absolute atomic E-state index is 13.6. The van der Waals surface area contributed by atoms with Crippen molar-refractivity contribution in [3.63, 3.8) is 0 Å². The number of anilines is 1. The second-order valence-corrected chi connectivity index (χ2v) is 8.93. The molecule has 1 fully saturated rings. The van der Waals surface area contributed by atoms with Crippen LogP contribution in [0.2, 0.25) is 0 Å². The van der Waals surface area contributed by atoms with Gasteiger partial charge in [-0.15, -0.1) is 0 Å². The number of ether oxygens (including phenoxy) is 3. The zero-order chi connectivity index (χ0) is 26.7. The number of amides is 1. The van der Waals surface area contributed by atoms with E-state index in [0.717, 1.165) is 41.3 Å². The van der Waals surface area contributed by atoms with E-state index in [-0.39, 0.29) is 12.5 Å². The van der Waals surface area contributed by atoms with Crippen molar-refractivity contribution < 1.29 is 23.8 Å². The first-order valence-corrected chi connectivity index (χ1v) is 12.6. The Kier molecular flexibility index (Phi) is 9.48. The van der Waals surface area contributed by atoms with Gasteiger partial charge in [-0.05, 0) is 41.0 Å². The van der Waals surface area contributed by atoms with E-state index in [1.165, 1.54) is 13.2 Å². The van der Waals surface area contributed by atoms with Gasteiger partial charge in [-0.3, -0.25) is 4.79 Å². The number of aromatic nitrogens is 1. The Morgan fingerprint density at radius 3 is 2.37 bits per heavy atom. The largest absolute Gasteiger partial charge is 0.497 e. The third kappa shape index (κ3) is 7.20. The van der Waals surface area contributed by atoms with Crippen molar-refractivity contribution in [3.8, 4) is 5.75 Å². The number of methoxy groups -OCH3 is 2. The average molecular weight is 516 g/mol. The van der Waals surface area contributed by atoms with Crippen LogP contribution in [0.3, 0.4) is 0 Å². The smallest absolute Gasteiger partial charge is 0.328 e. The van der Waals surface area contributed by atoms with Crippen LogP contribution in [-0.2, 0) is 32.0 Å². The predicted molar refractivity (Wildman–Crippen MR) is 146 cm³/mol. The molecule has 0 spiro atoms. The lowest BCUT2D eigenvalue weighted by Gasteiger charge is -2.30. The van der Waals surface area contributed by atoms with Crippen LogP contribution < -0.4 is 9.64 Å². The van der Waals surface area contributed by atoms with Crippen molar-refractivity contribution >= 4 is 23.8 Å². The SMILES string of the molecule is COC(=O)[C@H](Cc1ccccc1)N(Cc1ccc(N2CCOCC2)nc1)C(=O)/C=C/c1ccc(OC)cc1. The van der Waals surface area contributed by atoms with Gasteiger partial charge in [0, 0.05) is 38.3 Å². The van der Waals surface area contributed by atoms with Crippen molar-refractivity contribution in [2.75, 3.05) is 45.4 Å². The fourth-order valence-electron chi connectivity index (χ4n) is 4.30. The van der Waals surface area contributed by atoms with Crippen molar-refractivity contribution in [2.45, 2.75) is 19.0 Å². The molecule has 198 valence electrons. The van der Waals surface area contributed by atoms with Gasteiger partial charge >= 0.3 is 5.97 Å². The molecule has 4 rings (SSSR count). The van der Waals surface area contributed by atoms with Gasteiger partial charge in [0.2, 0.25) is 5.91 Å². The second kappa shape index (κ2) is 13.4. The fourth-order valence-corrected chi connectivity index (χ4v) is 4.30. The number of carbonyl (C=O) groups is 2. The molecular formula is C30H33N3O5. The minimum atomic E-state index is -0.811. The van der Waals surface area contributed by atoms with E-state index >= 15 is 0 Å². The quantitative estimate of drug-likeness (QED) is 0.300. The Labute approximate surface area is 223 Å². The summed E-state index contributed by atoms with van der Waals surface area (Å²) in [6.45, 7) is 3.12. The molecule has 0 bridgehead atoms. The second-order valence-electron chi connectivity index (χ2n) is 8.93. The predicted octanol–water partition coefficient (Wildman–Crippen LogP) is 3.75. The highest BCUT2D eigenvalue weighted by Gasteiger charge is 2.30. The zero-order valence-electron chi connectivity index (χ0n) is 21.8. The molecule has 1 aromatic heterocycles. The van der Waals surface area contributed by atoms with Crippen LogP contribution in [0, 0.1) is 0 Å². The lowest BCUT2D eigenvalue weighted by molar-refractivity contribution is -0.151. The van der Waals surface area contributed by atoms with Gasteiger partial charge in [0.15, 0.2) is 0 Å². The number of pyridine rings is 1. The standard InChI is InChI=1S/C30H33N3O5/c1-36-26-12-8-23(9-13-26)11-15-29(34)33(27(30(35)37-2)20-24-6-4-3-5-7-24)22-25-10-14-28(31-21-25)32-16-18-38-19-17-32/h3-15,21,27H,16-20,22H2,1-2H3/b15-11+/t27-/m0/s1. The minimum Gasteiger partial charge on any atom is -0.497 e. The van der Waals surface area contributed by atoms with Crippen LogP contribution in [-0.4, -0.2) is 68.3 Å². The molecular weight excluding hydrogens is 482 g/mol. The molecule has 1 amide bonds. The molecule has 3 aromatic rings. The fraction of sp³-hybridized carbons (Fsp3) is 0.300. The number of rotatable bonds is 10. The van der Waals surface area contributed by atoms with Gasteiger partial charge in [-0.25, -0.2) is 9.78 Å². The van der Waals surface area contributed by atoms with Crippen molar-refractivity contribution in [1.82, 2.24) is 9.88 Å². The van der Waals surface area contributed by atoms with Crippen LogP contribution in [0.4, 0.5) is 5.82 Å². The van der Waals surface area contributed by atoms with Crippen LogP contribution in [0.25, 0.3) is 6.08 Å². The summed E-state index contributed by atoms with van der Waals surface area (Å²) in [5.74, 6) is 0.822. The molecule has 2 aromatic carbocycles. The van der Waals surface area contributed by atoms with E-state index in [1.807, 2.05) is 66.7 Å². The van der Waals surface area contributed by atoms with E-state index in [2.05, 4.69) is 9.88 Å². The summed E-state index contributed by atoms with van der Waals surface area (Å²) < 4.78 is 15.8. The summed E-state index contributed by atoms with van der Waals surface area (Å²) in [5, 5.41) is 0. The molecule has 38 heavy (non-hydrogen) atoms. The Hall–Kier alpha value is -4.17. The van der Waals surface area contributed by atoms with Gasteiger partial charge in [0.1, 0.15) is 17.6 Å². The highest BCUT2D eigenvalue weighted by molar-refractivity contribution is 5.94. The molecule has 0 saturated carbocycles. The maximum atomic E-state index is 13.6. The molecule has 0 radical (unpaired) electrons. The monoisotopic (exact) mass is 515 g/mol. The first kappa shape index (κ1) is 26.9. The Morgan fingerprint density at radius 2 is 1.74 bits per heavy atom. The van der Waals surface area contributed by atoms with Crippen LogP contribution >= 0.6 is 0 Å². The molecule has 1 aliphatic rings. The highest BCUT2D eigenvalue weighted by atomic mass is 16.5. The number of esters is 1. The molecule has 1 aliphatic heterocycles. The molecule has 8 heteroatoms. The highest BCUT2D eigenvalue weighted by Crippen LogP contribution is 2.19. The van der Waals surface area contributed by atoms with Crippen molar-refractivity contribution in [2.24, 2.45) is 0 Å². The average Bonchev–Trinajstić information content (AvgIpc) is 2.98. The lowest BCUT2D eigenvalue weighted by Crippen LogP contribution is -2.46. The summed E-state index contributed by atoms with van der Waals surface area (Å²) in [4.78, 5) is 34.9. The molecule has 0 aliphatic carbocycles. The van der Waals surface area contributed by atoms with E-state index in [4.69, 9.17) is 14.2 Å². The Bertz CT molecular complexity index is 1210. The normalized spacial score (nSPS) is 14.2. The molecule has 0 N–H and O–H groups in total. The molecule has 1 saturated heterocycles. The molecule has 2 heterocycles. The minimum absolute atomic E-state index is 0.203. The topological polar surface area (TPSA) is 81.2 Å². The van der Waals surface area contributed by atoms with E-state index in [9.17, 15) is 9.59 Å². The first-order chi connectivity index (χ1) is 18.6. The lowest BCUT2D eigenvalue weighted by atomic mass is 10.0. The summed E-state index contributed by atoms with van der Waals surface area (Å²) in [7, 11) is 2.95. The van der Waals surface area contributed by atoms with Crippen molar-refractivity contribution in [3.05, 3.63) is 95.7 Å². The van der Waals surface area contributed by atoms with Gasteiger partial charge in [-0.2, -0.15) is 0 Å².